The van der Waals surface area contributed by atoms with Gasteiger partial charge in [0.25, 0.3) is 0 Å². The first-order valence-electron chi connectivity index (χ1n) is 11.1. The zero-order valence-electron chi connectivity index (χ0n) is 19.0. The number of nitrogens with zero attached hydrogens (tertiary/aromatic N) is 1. The fraction of sp³-hybridized carbons (Fsp3) is 0.440. The van der Waals surface area contributed by atoms with Crippen molar-refractivity contribution < 1.29 is 14.7 Å². The van der Waals surface area contributed by atoms with Gasteiger partial charge in [0.05, 0.1) is 6.04 Å². The van der Waals surface area contributed by atoms with Crippen LogP contribution in [-0.2, 0) is 22.4 Å². The Morgan fingerprint density at radius 2 is 1.69 bits per heavy atom. The van der Waals surface area contributed by atoms with Crippen molar-refractivity contribution in [1.29, 1.82) is 0 Å². The molecule has 0 aliphatic rings. The van der Waals surface area contributed by atoms with Crippen LogP contribution in [0.3, 0.4) is 0 Å². The van der Waals surface area contributed by atoms with Crippen LogP contribution in [0.4, 0.5) is 0 Å². The number of aryl methyl sites for hydroxylation is 1. The van der Waals surface area contributed by atoms with Crippen LogP contribution in [0.2, 0.25) is 0 Å². The zero-order valence-corrected chi connectivity index (χ0v) is 19.8. The highest BCUT2D eigenvalue weighted by Gasteiger charge is 2.24. The monoisotopic (exact) mass is 457 g/mol. The van der Waals surface area contributed by atoms with E-state index < -0.39 is 12.1 Å². The van der Waals surface area contributed by atoms with Crippen molar-refractivity contribution in [3.63, 3.8) is 0 Å². The van der Waals surface area contributed by atoms with E-state index in [0.717, 1.165) is 30.6 Å². The van der Waals surface area contributed by atoms with Gasteiger partial charge in [-0.2, -0.15) is 11.8 Å². The highest BCUT2D eigenvalue weighted by molar-refractivity contribution is 7.98. The molecule has 174 valence electrons. The number of amides is 2. The van der Waals surface area contributed by atoms with E-state index in [2.05, 4.69) is 23.7 Å². The first-order valence-corrected chi connectivity index (χ1v) is 12.5. The normalized spacial score (nSPS) is 12.7. The molecule has 0 aliphatic carbocycles. The number of thioether (sulfide) groups is 1. The van der Waals surface area contributed by atoms with E-state index in [9.17, 15) is 14.7 Å². The van der Waals surface area contributed by atoms with E-state index in [1.807, 2.05) is 23.1 Å². The molecule has 0 aromatic heterocycles. The lowest BCUT2D eigenvalue weighted by Crippen LogP contribution is -2.52. The van der Waals surface area contributed by atoms with Crippen molar-refractivity contribution in [2.24, 2.45) is 5.73 Å². The summed E-state index contributed by atoms with van der Waals surface area (Å²) in [4.78, 5) is 27.5. The fourth-order valence-electron chi connectivity index (χ4n) is 3.49. The minimum absolute atomic E-state index is 0.0793. The molecule has 7 heteroatoms. The Balaban J connectivity index is 1.89. The quantitative estimate of drug-likeness (QED) is 0.402. The molecule has 6 nitrogen and oxygen atoms in total. The number of carbonyl (C=O) groups excluding carboxylic acids is 2. The Morgan fingerprint density at radius 1 is 1.03 bits per heavy atom. The summed E-state index contributed by atoms with van der Waals surface area (Å²) in [7, 11) is 0. The Bertz CT molecular complexity index is 830. The smallest absolute Gasteiger partial charge is 0.244 e. The van der Waals surface area contributed by atoms with E-state index in [4.69, 9.17) is 5.73 Å². The number of rotatable bonds is 13. The summed E-state index contributed by atoms with van der Waals surface area (Å²) in [5.41, 5.74) is 8.16. The average molecular weight is 458 g/mol. The number of hydrogen-bond acceptors (Lipinski definition) is 5. The van der Waals surface area contributed by atoms with Gasteiger partial charge in [-0.3, -0.25) is 9.59 Å². The highest BCUT2D eigenvalue weighted by Crippen LogP contribution is 2.11. The number of phenolic OH excluding ortho intramolecular Hbond substituents is 1. The maximum Gasteiger partial charge on any atom is 0.244 e. The molecule has 0 heterocycles. The van der Waals surface area contributed by atoms with Gasteiger partial charge in [-0.05, 0) is 67.9 Å². The van der Waals surface area contributed by atoms with Crippen LogP contribution in [0.25, 0.3) is 0 Å². The average Bonchev–Trinajstić information content (AvgIpc) is 2.79. The van der Waals surface area contributed by atoms with Crippen molar-refractivity contribution in [1.82, 2.24) is 10.2 Å². The maximum atomic E-state index is 13.1. The van der Waals surface area contributed by atoms with Crippen molar-refractivity contribution in [3.05, 3.63) is 65.7 Å². The largest absolute Gasteiger partial charge is 0.508 e. The number of phenols is 1. The minimum atomic E-state index is -0.766. The molecule has 0 fully saturated rings. The maximum absolute atomic E-state index is 13.1. The summed E-state index contributed by atoms with van der Waals surface area (Å²) in [5, 5.41) is 12.2. The molecule has 0 saturated heterocycles. The standard InChI is InChI=1S/C25H35N3O3S/c1-19(27-24(30)23(26)18-21-11-13-22(29)14-12-21)25(31)28(16-7-17-32-2)15-6-10-20-8-4-3-5-9-20/h3-5,8-9,11-14,19,23,29H,6-7,10,15-18,26H2,1-2H3,(H,27,30)/t19-,23+/m1/s1. The number of aromatic hydroxyl groups is 1. The van der Waals surface area contributed by atoms with Crippen LogP contribution in [0, 0.1) is 0 Å². The van der Waals surface area contributed by atoms with E-state index in [1.54, 1.807) is 43.0 Å². The SMILES string of the molecule is CSCCCN(CCCc1ccccc1)C(=O)[C@@H](C)NC(=O)[C@@H](N)Cc1ccc(O)cc1. The predicted octanol–water partition coefficient (Wildman–Crippen LogP) is 2.98. The fourth-order valence-corrected chi connectivity index (χ4v) is 3.90. The molecule has 2 amide bonds. The predicted molar refractivity (Wildman–Crippen MR) is 132 cm³/mol. The van der Waals surface area contributed by atoms with Crippen LogP contribution in [0.15, 0.2) is 54.6 Å². The van der Waals surface area contributed by atoms with Crippen LogP contribution in [0.1, 0.15) is 30.9 Å². The van der Waals surface area contributed by atoms with E-state index in [1.165, 1.54) is 5.56 Å². The van der Waals surface area contributed by atoms with Gasteiger partial charge < -0.3 is 21.1 Å². The van der Waals surface area contributed by atoms with Crippen molar-refractivity contribution in [2.45, 2.75) is 44.7 Å². The van der Waals surface area contributed by atoms with Gasteiger partial charge in [-0.15, -0.1) is 0 Å². The molecule has 2 aromatic carbocycles. The molecule has 2 rings (SSSR count). The lowest BCUT2D eigenvalue weighted by molar-refractivity contribution is -0.136. The third kappa shape index (κ3) is 8.93. The van der Waals surface area contributed by atoms with E-state index in [0.29, 0.717) is 19.5 Å². The van der Waals surface area contributed by atoms with E-state index >= 15 is 0 Å². The zero-order chi connectivity index (χ0) is 23.3. The molecule has 0 radical (unpaired) electrons. The van der Waals surface area contributed by atoms with Gasteiger partial charge in [0, 0.05) is 13.1 Å². The van der Waals surface area contributed by atoms with Gasteiger partial charge >= 0.3 is 0 Å². The molecule has 0 aliphatic heterocycles. The van der Waals surface area contributed by atoms with Gasteiger partial charge in [-0.25, -0.2) is 0 Å². The summed E-state index contributed by atoms with van der Waals surface area (Å²) in [6.07, 6.45) is 5.09. The second kappa shape index (κ2) is 13.8. The Morgan fingerprint density at radius 3 is 2.34 bits per heavy atom. The summed E-state index contributed by atoms with van der Waals surface area (Å²) >= 11 is 1.76. The van der Waals surface area contributed by atoms with Gasteiger partial charge in [0.15, 0.2) is 0 Å². The minimum Gasteiger partial charge on any atom is -0.508 e. The third-order valence-electron chi connectivity index (χ3n) is 5.28. The molecule has 0 bridgehead atoms. The lowest BCUT2D eigenvalue weighted by atomic mass is 10.1. The Labute approximate surface area is 195 Å². The number of nitrogens with one attached hydrogen (secondary N) is 1. The molecule has 0 saturated carbocycles. The van der Waals surface area contributed by atoms with Crippen LogP contribution in [-0.4, -0.2) is 59.0 Å². The first kappa shape index (κ1) is 25.7. The van der Waals surface area contributed by atoms with Crippen LogP contribution < -0.4 is 11.1 Å². The first-order chi connectivity index (χ1) is 15.4. The van der Waals surface area contributed by atoms with Gasteiger partial charge in [0.2, 0.25) is 11.8 Å². The third-order valence-corrected chi connectivity index (χ3v) is 5.98. The van der Waals surface area contributed by atoms with Gasteiger partial charge in [0.1, 0.15) is 11.8 Å². The highest BCUT2D eigenvalue weighted by atomic mass is 32.2. The van der Waals surface area contributed by atoms with E-state index in [-0.39, 0.29) is 17.6 Å². The summed E-state index contributed by atoms with van der Waals surface area (Å²) in [6.45, 7) is 3.04. The van der Waals surface area contributed by atoms with Crippen molar-refractivity contribution in [2.75, 3.05) is 25.1 Å². The molecular formula is C25H35N3O3S. The number of nitrogens with two attached hydrogens (primary N) is 1. The van der Waals surface area contributed by atoms with Gasteiger partial charge in [-0.1, -0.05) is 42.5 Å². The summed E-state index contributed by atoms with van der Waals surface area (Å²) in [6, 6.07) is 15.4. The lowest BCUT2D eigenvalue weighted by Gasteiger charge is -2.27. The topological polar surface area (TPSA) is 95.7 Å². The summed E-state index contributed by atoms with van der Waals surface area (Å²) in [5.74, 6) is 0.720. The molecule has 4 N–H and O–H groups in total. The number of benzene rings is 2. The molecule has 2 aromatic rings. The van der Waals surface area contributed by atoms with Crippen molar-refractivity contribution >= 4 is 23.6 Å². The Hall–Kier alpha value is -2.51. The van der Waals surface area contributed by atoms with Crippen LogP contribution in [0.5, 0.6) is 5.75 Å². The number of hydrogen-bond donors (Lipinski definition) is 3. The summed E-state index contributed by atoms with van der Waals surface area (Å²) < 4.78 is 0. The molecular weight excluding hydrogens is 422 g/mol. The second-order valence-corrected chi connectivity index (χ2v) is 8.95. The molecule has 32 heavy (non-hydrogen) atoms. The molecule has 0 unspecified atom stereocenters. The second-order valence-electron chi connectivity index (χ2n) is 7.97. The van der Waals surface area contributed by atoms with Crippen LogP contribution >= 0.6 is 11.8 Å². The Kier molecular flexibility index (Phi) is 11.1. The number of carbonyl (C=O) groups is 2. The molecule has 0 spiro atoms. The van der Waals surface area contributed by atoms with Crippen molar-refractivity contribution in [3.8, 4) is 5.75 Å². The molecule has 2 atom stereocenters.